The lowest BCUT2D eigenvalue weighted by Gasteiger charge is -2.39. The van der Waals surface area contributed by atoms with Crippen LogP contribution in [0.15, 0.2) is 48.9 Å². The van der Waals surface area contributed by atoms with Crippen LogP contribution < -0.4 is 19.8 Å². The summed E-state index contributed by atoms with van der Waals surface area (Å²) in [6, 6.07) is 7.90. The Bertz CT molecular complexity index is 1350. The molecule has 0 saturated carbocycles. The second-order valence-electron chi connectivity index (χ2n) is 9.46. The number of aliphatic hydroxyl groups excluding tert-OH is 1. The van der Waals surface area contributed by atoms with Gasteiger partial charge in [0.15, 0.2) is 5.82 Å². The molecule has 0 radical (unpaired) electrons. The Morgan fingerprint density at radius 3 is 2.38 bits per heavy atom. The summed E-state index contributed by atoms with van der Waals surface area (Å²) in [5, 5.41) is 12.4. The van der Waals surface area contributed by atoms with Crippen molar-refractivity contribution in [1.82, 2.24) is 29.6 Å². The lowest BCUT2D eigenvalue weighted by atomic mass is 10.2. The number of halogens is 2. The summed E-state index contributed by atoms with van der Waals surface area (Å²) in [6.07, 6.45) is 3.56. The molecular formula is C25H33F2N9O3S. The van der Waals surface area contributed by atoms with Crippen molar-refractivity contribution >= 4 is 27.8 Å². The van der Waals surface area contributed by atoms with Gasteiger partial charge in [0.05, 0.1) is 30.9 Å². The number of pyridine rings is 2. The Hall–Kier alpha value is -3.53. The van der Waals surface area contributed by atoms with Crippen molar-refractivity contribution in [1.29, 1.82) is 0 Å². The lowest BCUT2D eigenvalue weighted by molar-refractivity contribution is 0.277. The molecule has 2 saturated heterocycles. The number of hydrogen-bond donors (Lipinski definition) is 3. The van der Waals surface area contributed by atoms with Crippen LogP contribution in [0.4, 0.5) is 26.4 Å². The number of anilines is 3. The predicted octanol–water partition coefficient (Wildman–Crippen LogP) is 1.39. The molecule has 216 valence electrons. The summed E-state index contributed by atoms with van der Waals surface area (Å²) in [5.41, 5.74) is 0.380. The molecule has 0 aliphatic carbocycles. The SMILES string of the molecule is C[C@@H]1CN(S(=O)(=O)Nc2cccc(CO)n2)CCN1c1ccc(F)cn1.C[C@@H]1CNCCN1c1ncc(F)cn1. The molecule has 0 bridgehead atoms. The largest absolute Gasteiger partial charge is 0.390 e. The number of nitrogens with one attached hydrogen (secondary N) is 2. The zero-order chi connectivity index (χ0) is 28.7. The van der Waals surface area contributed by atoms with Crippen LogP contribution in [0.5, 0.6) is 0 Å². The van der Waals surface area contributed by atoms with Gasteiger partial charge in [0.25, 0.3) is 0 Å². The first-order valence-corrected chi connectivity index (χ1v) is 14.3. The molecule has 3 aromatic heterocycles. The smallest absolute Gasteiger partial charge is 0.302 e. The molecule has 3 N–H and O–H groups in total. The van der Waals surface area contributed by atoms with E-state index in [2.05, 4.69) is 41.8 Å². The molecule has 0 amide bonds. The zero-order valence-corrected chi connectivity index (χ0v) is 23.1. The highest BCUT2D eigenvalue weighted by molar-refractivity contribution is 7.90. The molecule has 12 nitrogen and oxygen atoms in total. The third kappa shape index (κ3) is 7.56. The van der Waals surface area contributed by atoms with Gasteiger partial charge in [-0.3, -0.25) is 4.72 Å². The second-order valence-corrected chi connectivity index (χ2v) is 11.1. The maximum atomic E-state index is 13.0. The second kappa shape index (κ2) is 13.2. The van der Waals surface area contributed by atoms with Gasteiger partial charge in [-0.2, -0.15) is 12.7 Å². The van der Waals surface area contributed by atoms with E-state index < -0.39 is 21.8 Å². The number of piperazine rings is 2. The lowest BCUT2D eigenvalue weighted by Crippen LogP contribution is -2.55. The van der Waals surface area contributed by atoms with Crippen molar-refractivity contribution in [2.45, 2.75) is 32.5 Å². The molecule has 0 spiro atoms. The molecule has 2 fully saturated rings. The Morgan fingerprint density at radius 1 is 0.975 bits per heavy atom. The Morgan fingerprint density at radius 2 is 1.73 bits per heavy atom. The van der Waals surface area contributed by atoms with Crippen molar-refractivity contribution in [2.24, 2.45) is 0 Å². The van der Waals surface area contributed by atoms with E-state index in [4.69, 9.17) is 5.11 Å². The molecule has 3 aromatic rings. The average Bonchev–Trinajstić information content (AvgIpc) is 2.95. The molecule has 2 aliphatic rings. The summed E-state index contributed by atoms with van der Waals surface area (Å²) in [4.78, 5) is 20.0. The van der Waals surface area contributed by atoms with E-state index in [1.165, 1.54) is 28.8 Å². The molecule has 5 heterocycles. The van der Waals surface area contributed by atoms with Crippen LogP contribution in [-0.2, 0) is 16.8 Å². The fourth-order valence-corrected chi connectivity index (χ4v) is 5.67. The first-order valence-electron chi connectivity index (χ1n) is 12.8. The van der Waals surface area contributed by atoms with Gasteiger partial charge in [-0.1, -0.05) is 6.07 Å². The van der Waals surface area contributed by atoms with Crippen LogP contribution in [0.25, 0.3) is 0 Å². The molecule has 2 atom stereocenters. The van der Waals surface area contributed by atoms with E-state index in [0.717, 1.165) is 25.8 Å². The Kier molecular flexibility index (Phi) is 9.73. The number of aromatic nitrogens is 4. The minimum absolute atomic E-state index is 0.130. The van der Waals surface area contributed by atoms with Gasteiger partial charge >= 0.3 is 10.2 Å². The van der Waals surface area contributed by atoms with Gasteiger partial charge < -0.3 is 20.2 Å². The van der Waals surface area contributed by atoms with Gasteiger partial charge in [-0.05, 0) is 38.1 Å². The number of aliphatic hydroxyl groups is 1. The van der Waals surface area contributed by atoms with Crippen LogP contribution in [0.1, 0.15) is 19.5 Å². The first kappa shape index (κ1) is 29.5. The van der Waals surface area contributed by atoms with Crippen molar-refractivity contribution in [3.63, 3.8) is 0 Å². The summed E-state index contributed by atoms with van der Waals surface area (Å²) >= 11 is 0. The maximum absolute atomic E-state index is 13.0. The van der Waals surface area contributed by atoms with Crippen LogP contribution in [0, 0.1) is 11.6 Å². The molecule has 0 unspecified atom stereocenters. The minimum Gasteiger partial charge on any atom is -0.390 e. The summed E-state index contributed by atoms with van der Waals surface area (Å²) < 4.78 is 54.6. The standard InChI is InChI=1S/C16H20FN5O3S.C9H13FN4/c1-12-10-21(7-8-22(12)16-6-5-13(17)9-18-16)26(24,25)20-15-4-2-3-14(11-23)19-15;1-7-4-11-2-3-14(7)9-12-5-8(10)6-13-9/h2-6,9,12,23H,7-8,10-11H2,1H3,(H,19,20);5-7,11H,2-4H2,1H3/t12-;7-/m11/s1. The van der Waals surface area contributed by atoms with E-state index in [9.17, 15) is 17.2 Å². The normalized spacial score (nSPS) is 20.0. The van der Waals surface area contributed by atoms with Crippen molar-refractivity contribution < 1.29 is 22.3 Å². The molecule has 40 heavy (non-hydrogen) atoms. The summed E-state index contributed by atoms with van der Waals surface area (Å²) in [7, 11) is -3.77. The van der Waals surface area contributed by atoms with Crippen molar-refractivity contribution in [2.75, 3.05) is 53.8 Å². The van der Waals surface area contributed by atoms with E-state index in [0.29, 0.717) is 30.0 Å². The zero-order valence-electron chi connectivity index (χ0n) is 22.3. The average molecular weight is 578 g/mol. The highest BCUT2D eigenvalue weighted by Gasteiger charge is 2.32. The Labute approximate surface area is 232 Å². The van der Waals surface area contributed by atoms with Crippen LogP contribution >= 0.6 is 0 Å². The molecule has 5 rings (SSSR count). The van der Waals surface area contributed by atoms with Crippen molar-refractivity contribution in [3.05, 3.63) is 66.3 Å². The van der Waals surface area contributed by atoms with Gasteiger partial charge in [0.1, 0.15) is 17.5 Å². The predicted molar refractivity (Wildman–Crippen MR) is 147 cm³/mol. The van der Waals surface area contributed by atoms with Gasteiger partial charge in [0, 0.05) is 51.4 Å². The Balaban J connectivity index is 0.000000222. The van der Waals surface area contributed by atoms with E-state index in [1.807, 2.05) is 11.8 Å². The first-order chi connectivity index (χ1) is 19.2. The number of rotatable bonds is 6. The number of hydrogen-bond acceptors (Lipinski definition) is 10. The highest BCUT2D eigenvalue weighted by atomic mass is 32.2. The third-order valence-electron chi connectivity index (χ3n) is 6.50. The fourth-order valence-electron chi connectivity index (χ4n) is 4.43. The topological polar surface area (TPSA) is 140 Å². The van der Waals surface area contributed by atoms with Gasteiger partial charge in [-0.25, -0.2) is 28.7 Å². The third-order valence-corrected chi connectivity index (χ3v) is 7.98. The van der Waals surface area contributed by atoms with Crippen LogP contribution in [-0.4, -0.2) is 89.1 Å². The number of nitrogens with zero attached hydrogens (tertiary/aromatic N) is 7. The molecule has 15 heteroatoms. The monoisotopic (exact) mass is 577 g/mol. The van der Waals surface area contributed by atoms with Gasteiger partial charge in [0.2, 0.25) is 5.95 Å². The van der Waals surface area contributed by atoms with Crippen LogP contribution in [0.3, 0.4) is 0 Å². The molecule has 2 aliphatic heterocycles. The maximum Gasteiger partial charge on any atom is 0.302 e. The van der Waals surface area contributed by atoms with Crippen molar-refractivity contribution in [3.8, 4) is 0 Å². The van der Waals surface area contributed by atoms with E-state index >= 15 is 0 Å². The quantitative estimate of drug-likeness (QED) is 0.394. The highest BCUT2D eigenvalue weighted by Crippen LogP contribution is 2.21. The summed E-state index contributed by atoms with van der Waals surface area (Å²) in [5.74, 6) is 0.578. The molecular weight excluding hydrogens is 544 g/mol. The summed E-state index contributed by atoms with van der Waals surface area (Å²) in [6.45, 7) is 7.38. The van der Waals surface area contributed by atoms with Gasteiger partial charge in [-0.15, -0.1) is 0 Å². The fraction of sp³-hybridized carbons (Fsp3) is 0.440. The minimum atomic E-state index is -3.77. The van der Waals surface area contributed by atoms with E-state index in [1.54, 1.807) is 18.2 Å². The van der Waals surface area contributed by atoms with Crippen LogP contribution in [0.2, 0.25) is 0 Å². The molecule has 0 aromatic carbocycles. The van der Waals surface area contributed by atoms with E-state index in [-0.39, 0.29) is 31.6 Å².